The molecule has 1 fully saturated rings. The Morgan fingerprint density at radius 2 is 2.24 bits per heavy atom. The van der Waals surface area contributed by atoms with Crippen LogP contribution in [0.15, 0.2) is 5.38 Å². The number of nitrogens with two attached hydrogens (primary N) is 1. The fourth-order valence-corrected chi connectivity index (χ4v) is 3.30. The molecule has 3 N–H and O–H groups in total. The highest BCUT2D eigenvalue weighted by Gasteiger charge is 2.42. The molecule has 8 heteroatoms. The van der Waals surface area contributed by atoms with Crippen LogP contribution in [0.4, 0.5) is 0 Å². The van der Waals surface area contributed by atoms with Gasteiger partial charge in [-0.2, -0.15) is 0 Å². The lowest BCUT2D eigenvalue weighted by atomic mass is 9.77. The van der Waals surface area contributed by atoms with Gasteiger partial charge in [-0.15, -0.1) is 36.2 Å². The summed E-state index contributed by atoms with van der Waals surface area (Å²) in [6.45, 7) is 2.33. The molecule has 0 aromatic carbocycles. The van der Waals surface area contributed by atoms with Gasteiger partial charge < -0.3 is 15.8 Å². The number of thiazole rings is 1. The molecule has 0 saturated heterocycles. The first-order chi connectivity index (χ1) is 9.09. The summed E-state index contributed by atoms with van der Waals surface area (Å²) in [5, 5.41) is 6.18. The first-order valence-corrected chi connectivity index (χ1v) is 7.44. The molecular formula is C13H23Cl2N3O2S. The quantitative estimate of drug-likeness (QED) is 0.819. The Morgan fingerprint density at radius 3 is 2.62 bits per heavy atom. The summed E-state index contributed by atoms with van der Waals surface area (Å²) in [4.78, 5) is 16.6. The Bertz CT molecular complexity index is 448. The number of nitrogens with zero attached hydrogens (tertiary/aromatic N) is 1. The van der Waals surface area contributed by atoms with Gasteiger partial charge in [0.2, 0.25) is 5.91 Å². The summed E-state index contributed by atoms with van der Waals surface area (Å²) in [5.74, 6) is -0.00940. The molecule has 2 rings (SSSR count). The van der Waals surface area contributed by atoms with E-state index in [0.717, 1.165) is 30.0 Å². The lowest BCUT2D eigenvalue weighted by Gasteiger charge is -2.41. The number of amides is 1. The van der Waals surface area contributed by atoms with Gasteiger partial charge in [-0.05, 0) is 26.2 Å². The number of ether oxygens (including phenoxy) is 1. The van der Waals surface area contributed by atoms with Crippen molar-refractivity contribution in [1.82, 2.24) is 10.3 Å². The molecule has 0 bridgehead atoms. The Hall–Kier alpha value is -0.400. The number of hydrogen-bond donors (Lipinski definition) is 2. The van der Waals surface area contributed by atoms with Gasteiger partial charge in [0.25, 0.3) is 0 Å². The molecule has 0 aliphatic heterocycles. The fourth-order valence-electron chi connectivity index (χ4n) is 2.28. The molecule has 1 aromatic heterocycles. The van der Waals surface area contributed by atoms with Crippen LogP contribution < -0.4 is 11.1 Å². The van der Waals surface area contributed by atoms with Gasteiger partial charge in [0.15, 0.2) is 0 Å². The second-order valence-electron chi connectivity index (χ2n) is 5.08. The van der Waals surface area contributed by atoms with E-state index < -0.39 is 0 Å². The molecule has 1 heterocycles. The van der Waals surface area contributed by atoms with E-state index in [1.54, 1.807) is 18.4 Å². The molecule has 1 aliphatic carbocycles. The normalized spacial score (nSPS) is 16.9. The molecule has 122 valence electrons. The molecule has 1 unspecified atom stereocenters. The Morgan fingerprint density at radius 1 is 1.57 bits per heavy atom. The molecule has 1 aliphatic rings. The van der Waals surface area contributed by atoms with Crippen LogP contribution in [0, 0.1) is 6.92 Å². The van der Waals surface area contributed by atoms with Crippen LogP contribution in [0.2, 0.25) is 0 Å². The number of aromatic nitrogens is 1. The van der Waals surface area contributed by atoms with E-state index in [1.807, 2.05) is 12.3 Å². The predicted molar refractivity (Wildman–Crippen MR) is 89.5 cm³/mol. The van der Waals surface area contributed by atoms with Gasteiger partial charge in [0.05, 0.1) is 18.1 Å². The summed E-state index contributed by atoms with van der Waals surface area (Å²) >= 11 is 1.62. The number of halogens is 2. The van der Waals surface area contributed by atoms with Crippen LogP contribution in [-0.2, 0) is 15.1 Å². The maximum absolute atomic E-state index is 12.1. The fraction of sp³-hybridized carbons (Fsp3) is 0.692. The van der Waals surface area contributed by atoms with Crippen LogP contribution >= 0.6 is 36.2 Å². The first kappa shape index (κ1) is 20.6. The molecule has 21 heavy (non-hydrogen) atoms. The predicted octanol–water partition coefficient (Wildman–Crippen LogP) is 2.15. The van der Waals surface area contributed by atoms with Crippen molar-refractivity contribution >= 4 is 42.1 Å². The molecule has 1 atom stereocenters. The zero-order valence-corrected chi connectivity index (χ0v) is 14.7. The summed E-state index contributed by atoms with van der Waals surface area (Å²) in [7, 11) is 1.58. The van der Waals surface area contributed by atoms with E-state index in [9.17, 15) is 4.79 Å². The standard InChI is InChI=1S/C13H21N3O2S.2ClH/c1-9-8-19-12(15-9)13(4-3-5-13)16-11(17)6-10(7-14)18-2;;/h8,10H,3-7,14H2,1-2H3,(H,16,17);2*1H. The van der Waals surface area contributed by atoms with Crippen molar-refractivity contribution in [1.29, 1.82) is 0 Å². The number of carbonyl (C=O) groups is 1. The summed E-state index contributed by atoms with van der Waals surface area (Å²) in [6.07, 6.45) is 3.15. The van der Waals surface area contributed by atoms with E-state index in [-0.39, 0.29) is 42.4 Å². The average molecular weight is 356 g/mol. The molecule has 5 nitrogen and oxygen atoms in total. The maximum atomic E-state index is 12.1. The lowest BCUT2D eigenvalue weighted by Crippen LogP contribution is -2.51. The minimum absolute atomic E-state index is 0. The number of rotatable bonds is 6. The zero-order chi connectivity index (χ0) is 13.9. The van der Waals surface area contributed by atoms with E-state index in [1.165, 1.54) is 0 Å². The SMILES string of the molecule is COC(CN)CC(=O)NC1(c2nc(C)cs2)CCC1.Cl.Cl. The Kier molecular flexibility index (Phi) is 8.73. The van der Waals surface area contributed by atoms with Gasteiger partial charge in [-0.25, -0.2) is 4.98 Å². The number of carbonyl (C=O) groups excluding carboxylic acids is 1. The number of hydrogen-bond acceptors (Lipinski definition) is 5. The highest BCUT2D eigenvalue weighted by Crippen LogP contribution is 2.42. The molecule has 1 amide bonds. The topological polar surface area (TPSA) is 77.2 Å². The first-order valence-electron chi connectivity index (χ1n) is 6.56. The monoisotopic (exact) mass is 355 g/mol. The van der Waals surface area contributed by atoms with Gasteiger partial charge in [-0.3, -0.25) is 4.79 Å². The van der Waals surface area contributed by atoms with Gasteiger partial charge in [0.1, 0.15) is 5.01 Å². The molecular weight excluding hydrogens is 333 g/mol. The van der Waals surface area contributed by atoms with Gasteiger partial charge in [0, 0.05) is 24.7 Å². The van der Waals surface area contributed by atoms with Crippen molar-refractivity contribution in [2.75, 3.05) is 13.7 Å². The van der Waals surface area contributed by atoms with Crippen molar-refractivity contribution < 1.29 is 9.53 Å². The molecule has 1 saturated carbocycles. The van der Waals surface area contributed by atoms with E-state index in [0.29, 0.717) is 13.0 Å². The van der Waals surface area contributed by atoms with Crippen LogP contribution in [-0.4, -0.2) is 30.6 Å². The third-order valence-corrected chi connectivity index (χ3v) is 4.79. The van der Waals surface area contributed by atoms with E-state index in [2.05, 4.69) is 10.3 Å². The number of nitrogens with one attached hydrogen (secondary N) is 1. The van der Waals surface area contributed by atoms with Crippen LogP contribution in [0.5, 0.6) is 0 Å². The van der Waals surface area contributed by atoms with Crippen molar-refractivity contribution in [3.05, 3.63) is 16.1 Å². The van der Waals surface area contributed by atoms with Gasteiger partial charge in [-0.1, -0.05) is 0 Å². The molecule has 0 radical (unpaired) electrons. The highest BCUT2D eigenvalue weighted by molar-refractivity contribution is 7.09. The highest BCUT2D eigenvalue weighted by atomic mass is 35.5. The van der Waals surface area contributed by atoms with Crippen molar-refractivity contribution in [3.8, 4) is 0 Å². The van der Waals surface area contributed by atoms with Crippen molar-refractivity contribution in [2.24, 2.45) is 5.73 Å². The largest absolute Gasteiger partial charge is 0.380 e. The second kappa shape index (κ2) is 8.90. The summed E-state index contributed by atoms with van der Waals surface area (Å²) < 4.78 is 5.15. The number of aryl methyl sites for hydroxylation is 1. The molecule has 1 aromatic rings. The molecule has 0 spiro atoms. The van der Waals surface area contributed by atoms with Crippen LogP contribution in [0.25, 0.3) is 0 Å². The van der Waals surface area contributed by atoms with Gasteiger partial charge >= 0.3 is 0 Å². The van der Waals surface area contributed by atoms with E-state index >= 15 is 0 Å². The summed E-state index contributed by atoms with van der Waals surface area (Å²) in [5.41, 5.74) is 6.31. The maximum Gasteiger partial charge on any atom is 0.223 e. The van der Waals surface area contributed by atoms with E-state index in [4.69, 9.17) is 10.5 Å². The Balaban J connectivity index is 0.00000200. The van der Waals surface area contributed by atoms with Crippen LogP contribution in [0.3, 0.4) is 0 Å². The minimum Gasteiger partial charge on any atom is -0.380 e. The smallest absolute Gasteiger partial charge is 0.223 e. The third kappa shape index (κ3) is 4.79. The average Bonchev–Trinajstić information content (AvgIpc) is 2.77. The summed E-state index contributed by atoms with van der Waals surface area (Å²) in [6, 6.07) is 0. The number of methoxy groups -OCH3 is 1. The zero-order valence-electron chi connectivity index (χ0n) is 12.3. The Labute approximate surface area is 141 Å². The van der Waals surface area contributed by atoms with Crippen molar-refractivity contribution in [3.63, 3.8) is 0 Å². The van der Waals surface area contributed by atoms with Crippen molar-refractivity contribution in [2.45, 2.75) is 44.2 Å². The van der Waals surface area contributed by atoms with Crippen LogP contribution in [0.1, 0.15) is 36.4 Å². The lowest BCUT2D eigenvalue weighted by molar-refractivity contribution is -0.126. The third-order valence-electron chi connectivity index (χ3n) is 3.62. The second-order valence-corrected chi connectivity index (χ2v) is 5.93. The minimum atomic E-state index is -0.247.